The third-order valence-electron chi connectivity index (χ3n) is 3.38. The van der Waals surface area contributed by atoms with Gasteiger partial charge in [-0.3, -0.25) is 24.5 Å². The van der Waals surface area contributed by atoms with E-state index in [4.69, 9.17) is 4.74 Å². The number of benzene rings is 1. The first-order chi connectivity index (χ1) is 11.5. The van der Waals surface area contributed by atoms with E-state index in [-0.39, 0.29) is 35.3 Å². The Balaban J connectivity index is 1.74. The Morgan fingerprint density at radius 3 is 2.50 bits per heavy atom. The highest BCUT2D eigenvalue weighted by molar-refractivity contribution is 6.22. The Morgan fingerprint density at radius 1 is 1.08 bits per heavy atom. The summed E-state index contributed by atoms with van der Waals surface area (Å²) in [7, 11) is 0. The number of rotatable bonds is 8. The molecule has 128 valence electrons. The number of nitrogens with one attached hydrogen (secondary N) is 3. The Bertz CT molecular complexity index is 672. The number of ether oxygens (including phenoxy) is 1. The minimum atomic E-state index is -0.524. The van der Waals surface area contributed by atoms with Crippen LogP contribution in [0.5, 0.6) is 5.75 Å². The molecule has 0 atom stereocenters. The van der Waals surface area contributed by atoms with Gasteiger partial charge in [-0.25, -0.2) is 0 Å². The number of carbonyl (C=O) groups excluding carboxylic acids is 4. The molecule has 1 aromatic carbocycles. The van der Waals surface area contributed by atoms with E-state index in [2.05, 4.69) is 16.0 Å². The Labute approximate surface area is 138 Å². The summed E-state index contributed by atoms with van der Waals surface area (Å²) >= 11 is 0. The van der Waals surface area contributed by atoms with E-state index < -0.39 is 11.8 Å². The predicted molar refractivity (Wildman–Crippen MR) is 84.7 cm³/mol. The summed E-state index contributed by atoms with van der Waals surface area (Å²) in [5, 5.41) is 7.54. The molecule has 0 radical (unpaired) electrons. The van der Waals surface area contributed by atoms with Gasteiger partial charge in [-0.1, -0.05) is 6.07 Å². The zero-order chi connectivity index (χ0) is 17.5. The molecule has 8 heteroatoms. The minimum absolute atomic E-state index is 0.0784. The van der Waals surface area contributed by atoms with Crippen LogP contribution in [0.1, 0.15) is 40.5 Å². The highest BCUT2D eigenvalue weighted by Crippen LogP contribution is 2.26. The minimum Gasteiger partial charge on any atom is -0.483 e. The summed E-state index contributed by atoms with van der Waals surface area (Å²) in [6.07, 6.45) is 1.48. The molecule has 0 saturated heterocycles. The molecule has 3 N–H and O–H groups in total. The van der Waals surface area contributed by atoms with Crippen LogP contribution in [-0.4, -0.2) is 43.3 Å². The van der Waals surface area contributed by atoms with Gasteiger partial charge in [0.05, 0.1) is 11.1 Å². The van der Waals surface area contributed by atoms with Crippen LogP contribution in [0.4, 0.5) is 0 Å². The van der Waals surface area contributed by atoms with Crippen LogP contribution in [-0.2, 0) is 9.59 Å². The highest BCUT2D eigenvalue weighted by Gasteiger charge is 2.30. The van der Waals surface area contributed by atoms with Gasteiger partial charge in [-0.05, 0) is 25.0 Å². The van der Waals surface area contributed by atoms with E-state index in [9.17, 15) is 19.2 Å². The van der Waals surface area contributed by atoms with E-state index in [0.29, 0.717) is 13.1 Å². The molecule has 8 nitrogen and oxygen atoms in total. The molecule has 0 fully saturated rings. The monoisotopic (exact) mass is 333 g/mol. The van der Waals surface area contributed by atoms with Crippen LogP contribution in [0.2, 0.25) is 0 Å². The van der Waals surface area contributed by atoms with E-state index in [0.717, 1.165) is 12.8 Å². The van der Waals surface area contributed by atoms with Gasteiger partial charge in [-0.15, -0.1) is 0 Å². The van der Waals surface area contributed by atoms with Crippen molar-refractivity contribution < 1.29 is 23.9 Å². The van der Waals surface area contributed by atoms with Gasteiger partial charge in [0.1, 0.15) is 5.75 Å². The number of imide groups is 1. The number of carbonyl (C=O) groups is 4. The second-order valence-corrected chi connectivity index (χ2v) is 5.29. The average Bonchev–Trinajstić information content (AvgIpc) is 2.83. The second-order valence-electron chi connectivity index (χ2n) is 5.29. The molecule has 0 unspecified atom stereocenters. The molecular weight excluding hydrogens is 314 g/mol. The lowest BCUT2D eigenvalue weighted by molar-refractivity contribution is -0.123. The largest absolute Gasteiger partial charge is 0.483 e. The first-order valence-corrected chi connectivity index (χ1v) is 7.61. The Hall–Kier alpha value is -2.90. The first kappa shape index (κ1) is 17.5. The number of hydrogen-bond donors (Lipinski definition) is 3. The lowest BCUT2D eigenvalue weighted by atomic mass is 10.1. The Kier molecular flexibility index (Phi) is 5.89. The number of unbranched alkanes of at least 4 members (excludes halogenated alkanes) is 1. The molecule has 0 spiro atoms. The molecule has 24 heavy (non-hydrogen) atoms. The zero-order valence-electron chi connectivity index (χ0n) is 13.3. The molecule has 0 aromatic heterocycles. The van der Waals surface area contributed by atoms with E-state index >= 15 is 0 Å². The summed E-state index contributed by atoms with van der Waals surface area (Å²) in [5.74, 6) is -1.19. The molecule has 4 amide bonds. The van der Waals surface area contributed by atoms with E-state index in [1.165, 1.54) is 19.1 Å². The van der Waals surface area contributed by atoms with Crippen molar-refractivity contribution in [1.29, 1.82) is 0 Å². The van der Waals surface area contributed by atoms with Crippen LogP contribution in [0, 0.1) is 0 Å². The maximum absolute atomic E-state index is 11.7. The molecule has 1 aromatic rings. The normalized spacial score (nSPS) is 12.4. The third-order valence-corrected chi connectivity index (χ3v) is 3.38. The summed E-state index contributed by atoms with van der Waals surface area (Å²) in [6.45, 7) is 2.24. The third kappa shape index (κ3) is 4.55. The van der Waals surface area contributed by atoms with Crippen molar-refractivity contribution in [3.8, 4) is 5.75 Å². The molecule has 2 rings (SSSR count). The standard InChI is InChI=1S/C16H19N3O5/c1-10(20)17-7-2-3-8-18-13(21)9-24-12-6-4-5-11-14(12)16(23)19-15(11)22/h4-6H,2-3,7-9H2,1H3,(H,17,20)(H,18,21)(H,19,22,23). The zero-order valence-corrected chi connectivity index (χ0v) is 13.3. The fourth-order valence-corrected chi connectivity index (χ4v) is 2.24. The van der Waals surface area contributed by atoms with Crippen LogP contribution in [0.15, 0.2) is 18.2 Å². The molecule has 0 bridgehead atoms. The fourth-order valence-electron chi connectivity index (χ4n) is 2.24. The van der Waals surface area contributed by atoms with Gasteiger partial charge in [-0.2, -0.15) is 0 Å². The maximum atomic E-state index is 11.7. The van der Waals surface area contributed by atoms with Crippen molar-refractivity contribution in [3.63, 3.8) is 0 Å². The average molecular weight is 333 g/mol. The molecule has 1 heterocycles. The summed E-state index contributed by atoms with van der Waals surface area (Å²) in [5.41, 5.74) is 0.404. The van der Waals surface area contributed by atoms with Gasteiger partial charge in [0, 0.05) is 20.0 Å². The number of fused-ring (bicyclic) bond motifs is 1. The summed E-state index contributed by atoms with van der Waals surface area (Å²) in [6, 6.07) is 4.65. The predicted octanol–water partition coefficient (Wildman–Crippen LogP) is -0.0185. The van der Waals surface area contributed by atoms with Gasteiger partial charge in [0.25, 0.3) is 17.7 Å². The van der Waals surface area contributed by atoms with Gasteiger partial charge < -0.3 is 15.4 Å². The van der Waals surface area contributed by atoms with E-state index in [1.54, 1.807) is 6.07 Å². The van der Waals surface area contributed by atoms with Crippen LogP contribution in [0.3, 0.4) is 0 Å². The number of hydrogen-bond acceptors (Lipinski definition) is 5. The van der Waals surface area contributed by atoms with Crippen LogP contribution >= 0.6 is 0 Å². The molecule has 0 saturated carbocycles. The Morgan fingerprint density at radius 2 is 1.79 bits per heavy atom. The van der Waals surface area contributed by atoms with Crippen molar-refractivity contribution in [2.45, 2.75) is 19.8 Å². The smallest absolute Gasteiger partial charge is 0.262 e. The second kappa shape index (κ2) is 8.09. The molecule has 1 aliphatic heterocycles. The first-order valence-electron chi connectivity index (χ1n) is 7.61. The van der Waals surface area contributed by atoms with E-state index in [1.807, 2.05) is 0 Å². The SMILES string of the molecule is CC(=O)NCCCCNC(=O)COc1cccc2c1C(=O)NC2=O. The maximum Gasteiger partial charge on any atom is 0.262 e. The fraction of sp³-hybridized carbons (Fsp3) is 0.375. The molecule has 1 aliphatic rings. The van der Waals surface area contributed by atoms with Crippen LogP contribution in [0.25, 0.3) is 0 Å². The van der Waals surface area contributed by atoms with Crippen molar-refractivity contribution in [2.75, 3.05) is 19.7 Å². The summed E-state index contributed by atoms with van der Waals surface area (Å²) < 4.78 is 5.36. The quantitative estimate of drug-likeness (QED) is 0.457. The van der Waals surface area contributed by atoms with Gasteiger partial charge >= 0.3 is 0 Å². The molecule has 0 aliphatic carbocycles. The van der Waals surface area contributed by atoms with Gasteiger partial charge in [0.15, 0.2) is 6.61 Å². The topological polar surface area (TPSA) is 114 Å². The molecular formula is C16H19N3O5. The summed E-state index contributed by atoms with van der Waals surface area (Å²) in [4.78, 5) is 45.7. The van der Waals surface area contributed by atoms with Gasteiger partial charge in [0.2, 0.25) is 5.91 Å². The van der Waals surface area contributed by atoms with Crippen molar-refractivity contribution in [1.82, 2.24) is 16.0 Å². The lowest BCUT2D eigenvalue weighted by Crippen LogP contribution is -2.30. The van der Waals surface area contributed by atoms with Crippen molar-refractivity contribution in [3.05, 3.63) is 29.3 Å². The van der Waals surface area contributed by atoms with Crippen molar-refractivity contribution in [2.24, 2.45) is 0 Å². The van der Waals surface area contributed by atoms with Crippen molar-refractivity contribution >= 4 is 23.6 Å². The number of amides is 4. The highest BCUT2D eigenvalue weighted by atomic mass is 16.5. The lowest BCUT2D eigenvalue weighted by Gasteiger charge is -2.09. The van der Waals surface area contributed by atoms with Crippen LogP contribution < -0.4 is 20.7 Å².